The summed E-state index contributed by atoms with van der Waals surface area (Å²) in [4.78, 5) is -0.274. The van der Waals surface area contributed by atoms with Crippen LogP contribution in [0.2, 0.25) is 0 Å². The van der Waals surface area contributed by atoms with Crippen molar-refractivity contribution in [2.45, 2.75) is 17.7 Å². The third kappa shape index (κ3) is 1.89. The Morgan fingerprint density at radius 3 is 2.50 bits per heavy atom. The van der Waals surface area contributed by atoms with Crippen LogP contribution in [0.4, 0.5) is 10.1 Å². The molecule has 1 heterocycles. The van der Waals surface area contributed by atoms with E-state index in [1.54, 1.807) is 12.1 Å². The van der Waals surface area contributed by atoms with Crippen molar-refractivity contribution >= 4 is 15.7 Å². The Balaban J connectivity index is 2.13. The lowest BCUT2D eigenvalue weighted by Crippen LogP contribution is -2.30. The number of fused-ring (bicyclic) bond motifs is 1. The van der Waals surface area contributed by atoms with Gasteiger partial charge in [-0.05, 0) is 23.8 Å². The maximum Gasteiger partial charge on any atom is 0.267 e. The van der Waals surface area contributed by atoms with E-state index in [-0.39, 0.29) is 10.8 Å². The summed E-state index contributed by atoms with van der Waals surface area (Å²) in [5.74, 6) is -0.614. The highest BCUT2D eigenvalue weighted by Gasteiger charge is 2.35. The topological polar surface area (TPSA) is 37.4 Å². The van der Waals surface area contributed by atoms with Gasteiger partial charge in [0.05, 0.1) is 5.69 Å². The minimum atomic E-state index is -3.86. The fraction of sp³-hybridized carbons (Fsp3) is 0.200. The molecule has 3 nitrogen and oxygen atoms in total. The Morgan fingerprint density at radius 1 is 1.10 bits per heavy atom. The van der Waals surface area contributed by atoms with Gasteiger partial charge >= 0.3 is 0 Å². The first kappa shape index (κ1) is 13.1. The molecule has 0 N–H and O–H groups in total. The van der Waals surface area contributed by atoms with Crippen molar-refractivity contribution in [2.75, 3.05) is 10.8 Å². The fourth-order valence-electron chi connectivity index (χ4n) is 2.58. The van der Waals surface area contributed by atoms with Crippen LogP contribution in [0.5, 0.6) is 0 Å². The van der Waals surface area contributed by atoms with Crippen molar-refractivity contribution in [3.63, 3.8) is 0 Å². The lowest BCUT2D eigenvalue weighted by molar-refractivity contribution is 0.563. The number of rotatable bonds is 2. The quantitative estimate of drug-likeness (QED) is 0.852. The molecule has 2 aromatic carbocycles. The standard InChI is InChI=1S/C15H14FNO2S/c1-11-10-17(14-8-4-2-6-12(11)14)20(18,19)15-9-5-3-7-13(15)16/h2-9,11H,10H2,1H3. The molecule has 0 spiro atoms. The lowest BCUT2D eigenvalue weighted by Gasteiger charge is -2.20. The van der Waals surface area contributed by atoms with Crippen LogP contribution in [0.3, 0.4) is 0 Å². The van der Waals surface area contributed by atoms with Crippen molar-refractivity contribution in [3.8, 4) is 0 Å². The molecule has 20 heavy (non-hydrogen) atoms. The van der Waals surface area contributed by atoms with E-state index >= 15 is 0 Å². The molecule has 1 aliphatic heterocycles. The molecule has 0 radical (unpaired) electrons. The van der Waals surface area contributed by atoms with Gasteiger partial charge in [-0.3, -0.25) is 4.31 Å². The van der Waals surface area contributed by atoms with E-state index in [0.29, 0.717) is 12.2 Å². The molecule has 0 aliphatic carbocycles. The molecule has 0 aromatic heterocycles. The Kier molecular flexibility index (Phi) is 3.01. The molecule has 0 amide bonds. The number of hydrogen-bond donors (Lipinski definition) is 0. The second-order valence-electron chi connectivity index (χ2n) is 4.93. The summed E-state index contributed by atoms with van der Waals surface area (Å²) >= 11 is 0. The van der Waals surface area contributed by atoms with Gasteiger partial charge in [-0.15, -0.1) is 0 Å². The Labute approximate surface area is 117 Å². The van der Waals surface area contributed by atoms with Crippen LogP contribution in [0, 0.1) is 5.82 Å². The van der Waals surface area contributed by atoms with Crippen LogP contribution < -0.4 is 4.31 Å². The van der Waals surface area contributed by atoms with E-state index < -0.39 is 15.8 Å². The fourth-order valence-corrected chi connectivity index (χ4v) is 4.22. The molecule has 1 atom stereocenters. The molecule has 2 aromatic rings. The smallest absolute Gasteiger partial charge is 0.265 e. The van der Waals surface area contributed by atoms with Gasteiger partial charge < -0.3 is 0 Å². The largest absolute Gasteiger partial charge is 0.267 e. The first-order valence-electron chi connectivity index (χ1n) is 6.38. The molecule has 1 aliphatic rings. The Morgan fingerprint density at radius 2 is 1.75 bits per heavy atom. The minimum absolute atomic E-state index is 0.104. The van der Waals surface area contributed by atoms with Crippen molar-refractivity contribution in [1.82, 2.24) is 0 Å². The summed E-state index contributed by atoms with van der Waals surface area (Å²) in [7, 11) is -3.86. The molecule has 0 fully saturated rings. The highest BCUT2D eigenvalue weighted by molar-refractivity contribution is 7.92. The zero-order valence-electron chi connectivity index (χ0n) is 11.0. The number of benzene rings is 2. The highest BCUT2D eigenvalue weighted by Crippen LogP contribution is 2.39. The molecule has 0 saturated heterocycles. The first-order chi connectivity index (χ1) is 9.51. The maximum atomic E-state index is 13.8. The third-order valence-corrected chi connectivity index (χ3v) is 5.39. The van der Waals surface area contributed by atoms with Gasteiger partial charge in [0.2, 0.25) is 0 Å². The van der Waals surface area contributed by atoms with E-state index in [1.165, 1.54) is 22.5 Å². The van der Waals surface area contributed by atoms with Crippen LogP contribution in [0.1, 0.15) is 18.4 Å². The van der Waals surface area contributed by atoms with E-state index in [1.807, 2.05) is 19.1 Å². The van der Waals surface area contributed by atoms with Gasteiger partial charge in [-0.2, -0.15) is 0 Å². The number of nitrogens with zero attached hydrogens (tertiary/aromatic N) is 1. The van der Waals surface area contributed by atoms with Crippen molar-refractivity contribution in [3.05, 3.63) is 59.9 Å². The van der Waals surface area contributed by atoms with Crippen LogP contribution in [0.25, 0.3) is 0 Å². The molecule has 5 heteroatoms. The van der Waals surface area contributed by atoms with E-state index in [9.17, 15) is 12.8 Å². The molecule has 0 bridgehead atoms. The van der Waals surface area contributed by atoms with Crippen LogP contribution in [0.15, 0.2) is 53.4 Å². The van der Waals surface area contributed by atoms with Gasteiger partial charge in [0, 0.05) is 12.5 Å². The third-order valence-electron chi connectivity index (χ3n) is 3.58. The van der Waals surface area contributed by atoms with Crippen LogP contribution >= 0.6 is 0 Å². The molecule has 3 rings (SSSR count). The summed E-state index contributed by atoms with van der Waals surface area (Å²) in [6, 6.07) is 12.8. The number of halogens is 1. The SMILES string of the molecule is CC1CN(S(=O)(=O)c2ccccc2F)c2ccccc21. The second-order valence-corrected chi connectivity index (χ2v) is 6.76. The van der Waals surface area contributed by atoms with Crippen LogP contribution in [-0.4, -0.2) is 15.0 Å². The predicted molar refractivity (Wildman–Crippen MR) is 75.8 cm³/mol. The van der Waals surface area contributed by atoms with Gasteiger partial charge in [0.15, 0.2) is 0 Å². The van der Waals surface area contributed by atoms with Crippen molar-refractivity contribution in [1.29, 1.82) is 0 Å². The summed E-state index contributed by atoms with van der Waals surface area (Å²) < 4.78 is 40.4. The van der Waals surface area contributed by atoms with E-state index in [2.05, 4.69) is 0 Å². The first-order valence-corrected chi connectivity index (χ1v) is 7.82. The summed E-state index contributed by atoms with van der Waals surface area (Å²) in [6.07, 6.45) is 0. The Bertz CT molecular complexity index is 758. The zero-order chi connectivity index (χ0) is 14.3. The molecule has 1 unspecified atom stereocenters. The average molecular weight is 291 g/mol. The average Bonchev–Trinajstić information content (AvgIpc) is 2.78. The summed E-state index contributed by atoms with van der Waals surface area (Å²) in [5, 5.41) is 0. The minimum Gasteiger partial charge on any atom is -0.265 e. The molecule has 104 valence electrons. The summed E-state index contributed by atoms with van der Waals surface area (Å²) in [5.41, 5.74) is 1.62. The summed E-state index contributed by atoms with van der Waals surface area (Å²) in [6.45, 7) is 2.31. The van der Waals surface area contributed by atoms with E-state index in [0.717, 1.165) is 11.6 Å². The Hall–Kier alpha value is -1.88. The number of sulfonamides is 1. The van der Waals surface area contributed by atoms with Gasteiger partial charge in [0.1, 0.15) is 10.7 Å². The van der Waals surface area contributed by atoms with Gasteiger partial charge in [0.25, 0.3) is 10.0 Å². The second kappa shape index (κ2) is 4.59. The predicted octanol–water partition coefficient (Wildman–Crippen LogP) is 3.14. The van der Waals surface area contributed by atoms with Crippen LogP contribution in [-0.2, 0) is 10.0 Å². The normalized spacial score (nSPS) is 18.1. The van der Waals surface area contributed by atoms with Crippen molar-refractivity contribution < 1.29 is 12.8 Å². The van der Waals surface area contributed by atoms with Gasteiger partial charge in [-0.25, -0.2) is 12.8 Å². The molecule has 0 saturated carbocycles. The number of para-hydroxylation sites is 1. The monoisotopic (exact) mass is 291 g/mol. The zero-order valence-corrected chi connectivity index (χ0v) is 11.8. The van der Waals surface area contributed by atoms with E-state index in [4.69, 9.17) is 0 Å². The lowest BCUT2D eigenvalue weighted by atomic mass is 10.0. The van der Waals surface area contributed by atoms with Crippen molar-refractivity contribution in [2.24, 2.45) is 0 Å². The molecular weight excluding hydrogens is 277 g/mol. The maximum absolute atomic E-state index is 13.8. The van der Waals surface area contributed by atoms with Gasteiger partial charge in [-0.1, -0.05) is 37.3 Å². The number of anilines is 1. The molecular formula is C15H14FNO2S. The number of hydrogen-bond acceptors (Lipinski definition) is 2. The highest BCUT2D eigenvalue weighted by atomic mass is 32.2.